The van der Waals surface area contributed by atoms with Crippen LogP contribution in [0.4, 0.5) is 4.39 Å². The van der Waals surface area contributed by atoms with Gasteiger partial charge >= 0.3 is 0 Å². The molecule has 1 aliphatic carbocycles. The van der Waals surface area contributed by atoms with Gasteiger partial charge in [0.2, 0.25) is 0 Å². The molecular weight excluding hydrogens is 361 g/mol. The summed E-state index contributed by atoms with van der Waals surface area (Å²) < 4.78 is 12.9. The summed E-state index contributed by atoms with van der Waals surface area (Å²) in [6, 6.07) is 5.98. The fourth-order valence-corrected chi connectivity index (χ4v) is 3.10. The molecular formula is C22H26FNO4. The molecule has 2 rings (SSSR count). The summed E-state index contributed by atoms with van der Waals surface area (Å²) in [5.41, 5.74) is 0.772. The Bertz CT molecular complexity index is 863. The monoisotopic (exact) mass is 387 g/mol. The van der Waals surface area contributed by atoms with Gasteiger partial charge in [0.15, 0.2) is 11.6 Å². The fourth-order valence-electron chi connectivity index (χ4n) is 3.10. The first-order valence-electron chi connectivity index (χ1n) is 9.26. The molecule has 0 saturated carbocycles. The maximum absolute atomic E-state index is 12.9. The lowest BCUT2D eigenvalue weighted by molar-refractivity contribution is -0.138. The smallest absolute Gasteiger partial charge is 0.251 e. The Labute approximate surface area is 164 Å². The second kappa shape index (κ2) is 8.61. The normalized spacial score (nSPS) is 17.1. The van der Waals surface area contributed by atoms with Gasteiger partial charge in [-0.1, -0.05) is 12.1 Å². The van der Waals surface area contributed by atoms with E-state index in [2.05, 4.69) is 5.32 Å². The van der Waals surface area contributed by atoms with Crippen LogP contribution in [0.2, 0.25) is 0 Å². The summed E-state index contributed by atoms with van der Waals surface area (Å²) in [6.45, 7) is 6.52. The zero-order valence-corrected chi connectivity index (χ0v) is 16.7. The van der Waals surface area contributed by atoms with Crippen molar-refractivity contribution in [2.75, 3.05) is 6.54 Å². The molecule has 28 heavy (non-hydrogen) atoms. The number of rotatable bonds is 7. The highest BCUT2D eigenvalue weighted by molar-refractivity contribution is 6.24. The number of hydrogen-bond donors (Lipinski definition) is 2. The quantitative estimate of drug-likeness (QED) is 0.705. The number of hydrogen-bond acceptors (Lipinski definition) is 4. The summed E-state index contributed by atoms with van der Waals surface area (Å²) in [6.07, 6.45) is 0.662. The highest BCUT2D eigenvalue weighted by Gasteiger charge is 2.33. The Hall–Kier alpha value is -2.60. The van der Waals surface area contributed by atoms with Crippen LogP contribution in [-0.2, 0) is 20.8 Å². The number of benzene rings is 1. The van der Waals surface area contributed by atoms with E-state index in [1.54, 1.807) is 32.9 Å². The summed E-state index contributed by atoms with van der Waals surface area (Å²) >= 11 is 0. The Morgan fingerprint density at radius 1 is 1.00 bits per heavy atom. The van der Waals surface area contributed by atoms with E-state index in [1.165, 1.54) is 19.1 Å². The summed E-state index contributed by atoms with van der Waals surface area (Å²) in [4.78, 5) is 37.0. The van der Waals surface area contributed by atoms with E-state index < -0.39 is 11.5 Å². The molecule has 0 spiro atoms. The van der Waals surface area contributed by atoms with Crippen molar-refractivity contribution in [1.29, 1.82) is 0 Å². The van der Waals surface area contributed by atoms with Gasteiger partial charge in [-0.25, -0.2) is 4.39 Å². The van der Waals surface area contributed by atoms with Crippen molar-refractivity contribution < 1.29 is 23.9 Å². The van der Waals surface area contributed by atoms with E-state index in [4.69, 9.17) is 0 Å². The largest absolute Gasteiger partial charge is 0.380 e. The van der Waals surface area contributed by atoms with E-state index >= 15 is 0 Å². The summed E-state index contributed by atoms with van der Waals surface area (Å²) in [5.74, 6) is -1.25. The number of aliphatic hydroxyl groups is 1. The molecule has 0 heterocycles. The molecule has 5 nitrogen and oxygen atoms in total. The predicted octanol–water partition coefficient (Wildman–Crippen LogP) is 2.82. The molecule has 0 radical (unpaired) electrons. The Balaban J connectivity index is 1.93. The molecule has 2 N–H and O–H groups in total. The second-order valence-electron chi connectivity index (χ2n) is 7.42. The highest BCUT2D eigenvalue weighted by atomic mass is 19.1. The van der Waals surface area contributed by atoms with E-state index in [1.807, 2.05) is 0 Å². The van der Waals surface area contributed by atoms with Gasteiger partial charge in [0.05, 0.1) is 0 Å². The number of nitrogens with one attached hydrogen (secondary N) is 1. The van der Waals surface area contributed by atoms with Gasteiger partial charge in [0, 0.05) is 28.8 Å². The maximum atomic E-state index is 12.9. The van der Waals surface area contributed by atoms with Gasteiger partial charge in [-0.3, -0.25) is 14.4 Å². The minimum atomic E-state index is -1.68. The molecule has 1 unspecified atom stereocenters. The minimum Gasteiger partial charge on any atom is -0.380 e. The predicted molar refractivity (Wildman–Crippen MR) is 104 cm³/mol. The number of allylic oxidation sites excluding steroid dienone is 4. The van der Waals surface area contributed by atoms with Gasteiger partial charge in [0.1, 0.15) is 11.4 Å². The lowest BCUT2D eigenvalue weighted by Gasteiger charge is -2.24. The van der Waals surface area contributed by atoms with E-state index in [0.717, 1.165) is 5.56 Å². The molecule has 0 aromatic heterocycles. The maximum Gasteiger partial charge on any atom is 0.251 e. The van der Waals surface area contributed by atoms with Crippen LogP contribution in [0.5, 0.6) is 0 Å². The number of carbonyl (C=O) groups is 3. The lowest BCUT2D eigenvalue weighted by Crippen LogP contribution is -2.45. The Morgan fingerprint density at radius 3 is 2.18 bits per heavy atom. The average Bonchev–Trinajstić information content (AvgIpc) is 2.66. The number of Topliss-reactive ketones (excluding diaryl/α,β-unsaturated/α-hetero) is 2. The van der Waals surface area contributed by atoms with Crippen molar-refractivity contribution in [2.24, 2.45) is 0 Å². The van der Waals surface area contributed by atoms with Crippen molar-refractivity contribution in [2.45, 2.75) is 52.6 Å². The number of carbonyl (C=O) groups excluding carboxylic acids is 3. The molecule has 1 amide bonds. The first kappa shape index (κ1) is 21.7. The van der Waals surface area contributed by atoms with E-state index in [9.17, 15) is 23.9 Å². The van der Waals surface area contributed by atoms with Crippen LogP contribution < -0.4 is 5.32 Å². The Morgan fingerprint density at radius 2 is 1.57 bits per heavy atom. The SMILES string of the molecule is CC1=C(C)C(=O)C(CCC(C)(O)C(=O)NCCc2ccc(F)cc2)=C(C)C1=O. The second-order valence-corrected chi connectivity index (χ2v) is 7.42. The third-order valence-electron chi connectivity index (χ3n) is 5.27. The van der Waals surface area contributed by atoms with Crippen LogP contribution in [0.25, 0.3) is 0 Å². The van der Waals surface area contributed by atoms with Crippen LogP contribution in [0.1, 0.15) is 46.1 Å². The molecule has 1 aliphatic rings. The third-order valence-corrected chi connectivity index (χ3v) is 5.27. The molecule has 0 bridgehead atoms. The molecule has 150 valence electrons. The van der Waals surface area contributed by atoms with Crippen molar-refractivity contribution >= 4 is 17.5 Å². The number of halogens is 1. The minimum absolute atomic E-state index is 0.0212. The van der Waals surface area contributed by atoms with Crippen LogP contribution in [-0.4, -0.2) is 34.7 Å². The molecule has 1 aromatic carbocycles. The van der Waals surface area contributed by atoms with Gasteiger partial charge in [0.25, 0.3) is 5.91 Å². The topological polar surface area (TPSA) is 83.5 Å². The van der Waals surface area contributed by atoms with Gasteiger partial charge < -0.3 is 10.4 Å². The van der Waals surface area contributed by atoms with Crippen LogP contribution >= 0.6 is 0 Å². The van der Waals surface area contributed by atoms with Gasteiger partial charge in [-0.2, -0.15) is 0 Å². The van der Waals surface area contributed by atoms with Crippen molar-refractivity contribution in [3.05, 3.63) is 57.9 Å². The average molecular weight is 387 g/mol. The van der Waals surface area contributed by atoms with Crippen molar-refractivity contribution in [1.82, 2.24) is 5.32 Å². The molecule has 1 atom stereocenters. The molecule has 6 heteroatoms. The van der Waals surface area contributed by atoms with Gasteiger partial charge in [-0.05, 0) is 64.7 Å². The third kappa shape index (κ3) is 4.81. The zero-order chi connectivity index (χ0) is 21.1. The highest BCUT2D eigenvalue weighted by Crippen LogP contribution is 2.28. The van der Waals surface area contributed by atoms with E-state index in [-0.39, 0.29) is 30.2 Å². The lowest BCUT2D eigenvalue weighted by atomic mass is 9.82. The number of amides is 1. The standard InChI is InChI=1S/C22H26FNO4/c1-13-14(2)20(26)18(15(3)19(13)25)9-11-22(4,28)21(27)24-12-10-16-5-7-17(23)8-6-16/h5-8,28H,9-12H2,1-4H3,(H,24,27). The summed E-state index contributed by atoms with van der Waals surface area (Å²) in [5, 5.41) is 13.2. The zero-order valence-electron chi connectivity index (χ0n) is 16.7. The fraction of sp³-hybridized carbons (Fsp3) is 0.409. The van der Waals surface area contributed by atoms with Crippen molar-refractivity contribution in [3.8, 4) is 0 Å². The Kier molecular flexibility index (Phi) is 6.67. The molecule has 0 saturated heterocycles. The van der Waals surface area contributed by atoms with Crippen LogP contribution in [0, 0.1) is 5.82 Å². The first-order valence-corrected chi connectivity index (χ1v) is 9.26. The molecule has 1 aromatic rings. The van der Waals surface area contributed by atoms with Crippen molar-refractivity contribution in [3.63, 3.8) is 0 Å². The van der Waals surface area contributed by atoms with Crippen LogP contribution in [0.15, 0.2) is 46.6 Å². The van der Waals surface area contributed by atoms with Gasteiger partial charge in [-0.15, -0.1) is 0 Å². The molecule has 0 aliphatic heterocycles. The summed E-state index contributed by atoms with van der Waals surface area (Å²) in [7, 11) is 0. The first-order chi connectivity index (χ1) is 13.0. The van der Waals surface area contributed by atoms with Crippen LogP contribution in [0.3, 0.4) is 0 Å². The molecule has 0 fully saturated rings. The van der Waals surface area contributed by atoms with E-state index in [0.29, 0.717) is 35.3 Å². The number of ketones is 2.